The molecule has 0 bridgehead atoms. The number of hydrogen-bond donors (Lipinski definition) is 1. The fourth-order valence-corrected chi connectivity index (χ4v) is 4.01. The van der Waals surface area contributed by atoms with Gasteiger partial charge in [-0.05, 0) is 56.2 Å². The van der Waals surface area contributed by atoms with Crippen molar-refractivity contribution in [1.29, 1.82) is 0 Å². The highest BCUT2D eigenvalue weighted by Gasteiger charge is 2.31. The van der Waals surface area contributed by atoms with Gasteiger partial charge in [0.15, 0.2) is 0 Å². The third-order valence-corrected chi connectivity index (χ3v) is 5.39. The molecule has 4 heteroatoms. The number of piperidine rings is 1. The first-order valence-electron chi connectivity index (χ1n) is 8.81. The van der Waals surface area contributed by atoms with E-state index in [-0.39, 0.29) is 12.4 Å². The Bertz CT molecular complexity index is 487. The number of hydrogen-bond acceptors (Lipinski definition) is 2. The number of benzene rings is 1. The number of amides is 1. The van der Waals surface area contributed by atoms with Gasteiger partial charge in [0.2, 0.25) is 5.91 Å². The summed E-state index contributed by atoms with van der Waals surface area (Å²) in [7, 11) is 0. The molecule has 1 aromatic rings. The molecule has 2 aliphatic rings. The van der Waals surface area contributed by atoms with Crippen LogP contribution in [-0.2, 0) is 4.79 Å². The van der Waals surface area contributed by atoms with E-state index in [0.717, 1.165) is 32.5 Å². The summed E-state index contributed by atoms with van der Waals surface area (Å²) in [6, 6.07) is 10.8. The smallest absolute Gasteiger partial charge is 0.223 e. The van der Waals surface area contributed by atoms with Crippen LogP contribution in [-0.4, -0.2) is 30.4 Å². The molecule has 0 aromatic heterocycles. The predicted molar refractivity (Wildman–Crippen MR) is 96.8 cm³/mol. The van der Waals surface area contributed by atoms with E-state index >= 15 is 0 Å². The van der Waals surface area contributed by atoms with Gasteiger partial charge in [-0.2, -0.15) is 0 Å². The molecule has 0 spiro atoms. The fraction of sp³-hybridized carbons (Fsp3) is 0.632. The molecule has 2 aliphatic heterocycles. The molecule has 3 atom stereocenters. The first-order valence-corrected chi connectivity index (χ1v) is 8.81. The van der Waals surface area contributed by atoms with E-state index in [1.807, 2.05) is 6.07 Å². The highest BCUT2D eigenvalue weighted by Crippen LogP contribution is 2.33. The summed E-state index contributed by atoms with van der Waals surface area (Å²) in [5, 5.41) is 3.47. The van der Waals surface area contributed by atoms with Gasteiger partial charge in [0.25, 0.3) is 0 Å². The van der Waals surface area contributed by atoms with Crippen LogP contribution in [0.1, 0.15) is 50.6 Å². The van der Waals surface area contributed by atoms with Crippen LogP contribution < -0.4 is 5.32 Å². The first kappa shape index (κ1) is 18.3. The van der Waals surface area contributed by atoms with E-state index in [1.165, 1.54) is 18.4 Å². The van der Waals surface area contributed by atoms with Gasteiger partial charge >= 0.3 is 0 Å². The largest absolute Gasteiger partial charge is 0.336 e. The van der Waals surface area contributed by atoms with E-state index in [9.17, 15) is 4.79 Å². The molecule has 3 rings (SSSR count). The zero-order valence-electron chi connectivity index (χ0n) is 14.0. The second-order valence-electron chi connectivity index (χ2n) is 6.94. The predicted octanol–water partition coefficient (Wildman–Crippen LogP) is 3.80. The van der Waals surface area contributed by atoms with Gasteiger partial charge < -0.3 is 10.2 Å². The average Bonchev–Trinajstić information content (AvgIpc) is 3.06. The molecule has 0 aliphatic carbocycles. The summed E-state index contributed by atoms with van der Waals surface area (Å²) < 4.78 is 0. The quantitative estimate of drug-likeness (QED) is 0.907. The first-order chi connectivity index (χ1) is 10.8. The number of nitrogens with one attached hydrogen (secondary N) is 1. The Morgan fingerprint density at radius 3 is 2.74 bits per heavy atom. The molecule has 0 saturated carbocycles. The van der Waals surface area contributed by atoms with Gasteiger partial charge in [0, 0.05) is 13.0 Å². The molecule has 1 amide bonds. The van der Waals surface area contributed by atoms with E-state index < -0.39 is 0 Å². The molecule has 23 heavy (non-hydrogen) atoms. The third-order valence-electron chi connectivity index (χ3n) is 5.39. The monoisotopic (exact) mass is 336 g/mol. The zero-order chi connectivity index (χ0) is 15.4. The molecule has 0 radical (unpaired) electrons. The summed E-state index contributed by atoms with van der Waals surface area (Å²) in [5.41, 5.74) is 1.29. The lowest BCUT2D eigenvalue weighted by atomic mass is 9.85. The number of likely N-dealkylation sites (tertiary alicyclic amines) is 1. The zero-order valence-corrected chi connectivity index (χ0v) is 14.9. The lowest BCUT2D eigenvalue weighted by molar-refractivity contribution is -0.133. The molecule has 2 fully saturated rings. The molecular weight excluding hydrogens is 308 g/mol. The Morgan fingerprint density at radius 2 is 2.04 bits per heavy atom. The van der Waals surface area contributed by atoms with Gasteiger partial charge in [-0.15, -0.1) is 12.4 Å². The molecule has 2 saturated heterocycles. The van der Waals surface area contributed by atoms with Crippen LogP contribution in [0.2, 0.25) is 0 Å². The Kier molecular flexibility index (Phi) is 6.91. The lowest BCUT2D eigenvalue weighted by Gasteiger charge is -2.31. The Morgan fingerprint density at radius 1 is 1.26 bits per heavy atom. The molecular formula is C19H29ClN2O. The molecule has 3 nitrogen and oxygen atoms in total. The Hall–Kier alpha value is -1.06. The summed E-state index contributed by atoms with van der Waals surface area (Å²) in [6.45, 7) is 5.40. The van der Waals surface area contributed by atoms with Crippen molar-refractivity contribution in [1.82, 2.24) is 10.2 Å². The number of rotatable bonds is 4. The van der Waals surface area contributed by atoms with Crippen molar-refractivity contribution >= 4 is 18.3 Å². The van der Waals surface area contributed by atoms with Gasteiger partial charge in [-0.25, -0.2) is 0 Å². The van der Waals surface area contributed by atoms with E-state index in [0.29, 0.717) is 30.2 Å². The highest BCUT2D eigenvalue weighted by molar-refractivity contribution is 5.85. The second kappa shape index (κ2) is 8.70. The van der Waals surface area contributed by atoms with Crippen molar-refractivity contribution in [2.75, 3.05) is 19.6 Å². The summed E-state index contributed by atoms with van der Waals surface area (Å²) >= 11 is 0. The standard InChI is InChI=1S/C19H28N2O.ClH/c1-15(17-9-5-11-20-14-17)13-19(22)21-12-6-10-18(21)16-7-3-2-4-8-16;/h2-4,7-8,15,17-18,20H,5-6,9-14H2,1H3;1H. The highest BCUT2D eigenvalue weighted by atomic mass is 35.5. The average molecular weight is 337 g/mol. The molecule has 2 heterocycles. The maximum atomic E-state index is 12.8. The normalized spacial score (nSPS) is 25.7. The minimum Gasteiger partial charge on any atom is -0.336 e. The Labute approximate surface area is 146 Å². The lowest BCUT2D eigenvalue weighted by Crippen LogP contribution is -2.37. The van der Waals surface area contributed by atoms with Crippen molar-refractivity contribution in [2.45, 2.75) is 45.1 Å². The van der Waals surface area contributed by atoms with E-state index in [1.54, 1.807) is 0 Å². The minimum atomic E-state index is 0. The minimum absolute atomic E-state index is 0. The number of halogens is 1. The summed E-state index contributed by atoms with van der Waals surface area (Å²) in [5.74, 6) is 1.50. The molecule has 3 unspecified atom stereocenters. The number of carbonyl (C=O) groups is 1. The van der Waals surface area contributed by atoms with Crippen LogP contribution in [0.25, 0.3) is 0 Å². The molecule has 1 aromatic carbocycles. The fourth-order valence-electron chi connectivity index (χ4n) is 4.01. The number of nitrogens with zero attached hydrogens (tertiary/aromatic N) is 1. The Balaban J connectivity index is 0.00000192. The van der Waals surface area contributed by atoms with Crippen molar-refractivity contribution in [3.8, 4) is 0 Å². The maximum Gasteiger partial charge on any atom is 0.223 e. The van der Waals surface area contributed by atoms with Crippen LogP contribution in [0.3, 0.4) is 0 Å². The summed E-state index contributed by atoms with van der Waals surface area (Å²) in [6.07, 6.45) is 5.46. The van der Waals surface area contributed by atoms with Crippen molar-refractivity contribution in [3.05, 3.63) is 35.9 Å². The van der Waals surface area contributed by atoms with Crippen molar-refractivity contribution in [3.63, 3.8) is 0 Å². The van der Waals surface area contributed by atoms with Gasteiger partial charge in [0.05, 0.1) is 6.04 Å². The topological polar surface area (TPSA) is 32.3 Å². The van der Waals surface area contributed by atoms with Gasteiger partial charge in [-0.3, -0.25) is 4.79 Å². The third kappa shape index (κ3) is 4.48. The van der Waals surface area contributed by atoms with Crippen LogP contribution in [0.4, 0.5) is 0 Å². The van der Waals surface area contributed by atoms with Crippen LogP contribution in [0.5, 0.6) is 0 Å². The van der Waals surface area contributed by atoms with Gasteiger partial charge in [-0.1, -0.05) is 37.3 Å². The summed E-state index contributed by atoms with van der Waals surface area (Å²) in [4.78, 5) is 14.9. The molecule has 128 valence electrons. The van der Waals surface area contributed by atoms with Crippen LogP contribution >= 0.6 is 12.4 Å². The molecule has 1 N–H and O–H groups in total. The van der Waals surface area contributed by atoms with Crippen molar-refractivity contribution in [2.24, 2.45) is 11.8 Å². The maximum absolute atomic E-state index is 12.8. The number of carbonyl (C=O) groups excluding carboxylic acids is 1. The SMILES string of the molecule is CC(CC(=O)N1CCCC1c1ccccc1)C1CCCNC1.Cl. The second-order valence-corrected chi connectivity index (χ2v) is 6.94. The van der Waals surface area contributed by atoms with Crippen LogP contribution in [0.15, 0.2) is 30.3 Å². The van der Waals surface area contributed by atoms with Crippen molar-refractivity contribution < 1.29 is 4.79 Å². The van der Waals surface area contributed by atoms with Gasteiger partial charge in [0.1, 0.15) is 0 Å². The van der Waals surface area contributed by atoms with E-state index in [2.05, 4.69) is 41.4 Å². The van der Waals surface area contributed by atoms with Crippen LogP contribution in [0, 0.1) is 11.8 Å². The van der Waals surface area contributed by atoms with E-state index in [4.69, 9.17) is 0 Å².